The van der Waals surface area contributed by atoms with Crippen LogP contribution in [0.3, 0.4) is 0 Å². The molecule has 2 aromatic heterocycles. The first-order valence-electron chi connectivity index (χ1n) is 9.33. The number of hydrogen-bond donors (Lipinski definition) is 1. The van der Waals surface area contributed by atoms with Gasteiger partial charge in [0.25, 0.3) is 5.89 Å². The Kier molecular flexibility index (Phi) is 5.86. The van der Waals surface area contributed by atoms with Gasteiger partial charge >= 0.3 is 6.18 Å². The van der Waals surface area contributed by atoms with Crippen LogP contribution >= 0.6 is 0 Å². The molecule has 154 valence electrons. The highest BCUT2D eigenvalue weighted by Crippen LogP contribution is 2.35. The number of aryl methyl sites for hydroxylation is 1. The van der Waals surface area contributed by atoms with E-state index in [2.05, 4.69) is 29.1 Å². The molecule has 0 unspecified atom stereocenters. The van der Waals surface area contributed by atoms with Gasteiger partial charge in [0, 0.05) is 24.2 Å². The predicted octanol–water partition coefficient (Wildman–Crippen LogP) is 5.03. The standard InChI is InChI=1S/C20H22F3N5O/c1-4-28-15(9-12(2)3)11-17(26-28)19-25-18(27-29-19)14-6-5-13(7-8-24)16(10-14)20(21,22)23/h5-6,8,10-12,24H,4,7,9H2,1-3H3. The summed E-state index contributed by atoms with van der Waals surface area (Å²) in [5.41, 5.74) is 0.947. The second-order valence-corrected chi connectivity index (χ2v) is 7.14. The minimum Gasteiger partial charge on any atom is -0.332 e. The molecule has 0 atom stereocenters. The first-order valence-corrected chi connectivity index (χ1v) is 9.33. The third-order valence-electron chi connectivity index (χ3n) is 4.42. The van der Waals surface area contributed by atoms with Crippen molar-refractivity contribution in [3.8, 4) is 23.0 Å². The minimum atomic E-state index is -4.54. The van der Waals surface area contributed by atoms with E-state index < -0.39 is 11.7 Å². The first kappa shape index (κ1) is 20.8. The number of aromatic nitrogens is 4. The van der Waals surface area contributed by atoms with Crippen molar-refractivity contribution in [1.29, 1.82) is 5.41 Å². The molecule has 9 heteroatoms. The van der Waals surface area contributed by atoms with E-state index in [0.717, 1.165) is 24.4 Å². The van der Waals surface area contributed by atoms with Crippen LogP contribution in [0.4, 0.5) is 13.2 Å². The molecule has 0 fully saturated rings. The zero-order valence-corrected chi connectivity index (χ0v) is 16.4. The fourth-order valence-electron chi connectivity index (χ4n) is 3.13. The third-order valence-corrected chi connectivity index (χ3v) is 4.42. The normalized spacial score (nSPS) is 12.0. The topological polar surface area (TPSA) is 80.6 Å². The van der Waals surface area contributed by atoms with E-state index in [0.29, 0.717) is 18.2 Å². The smallest absolute Gasteiger partial charge is 0.332 e. The van der Waals surface area contributed by atoms with Crippen LogP contribution < -0.4 is 0 Å². The number of hydrogen-bond acceptors (Lipinski definition) is 5. The van der Waals surface area contributed by atoms with Crippen molar-refractivity contribution >= 4 is 6.21 Å². The molecule has 0 radical (unpaired) electrons. The fourth-order valence-corrected chi connectivity index (χ4v) is 3.13. The Morgan fingerprint density at radius 1 is 1.24 bits per heavy atom. The van der Waals surface area contributed by atoms with E-state index in [4.69, 9.17) is 9.93 Å². The van der Waals surface area contributed by atoms with Gasteiger partial charge in [-0.2, -0.15) is 23.3 Å². The van der Waals surface area contributed by atoms with Crippen LogP contribution in [-0.4, -0.2) is 26.1 Å². The largest absolute Gasteiger partial charge is 0.416 e. The Morgan fingerprint density at radius 3 is 2.62 bits per heavy atom. The van der Waals surface area contributed by atoms with Gasteiger partial charge in [-0.15, -0.1) is 0 Å². The highest BCUT2D eigenvalue weighted by Gasteiger charge is 2.33. The number of halogens is 3. The number of nitrogens with zero attached hydrogens (tertiary/aromatic N) is 4. The summed E-state index contributed by atoms with van der Waals surface area (Å²) < 4.78 is 47.3. The van der Waals surface area contributed by atoms with Crippen LogP contribution in [0.2, 0.25) is 0 Å². The first-order chi connectivity index (χ1) is 13.7. The van der Waals surface area contributed by atoms with Crippen LogP contribution in [-0.2, 0) is 25.6 Å². The summed E-state index contributed by atoms with van der Waals surface area (Å²) in [7, 11) is 0. The van der Waals surface area contributed by atoms with Crippen molar-refractivity contribution < 1.29 is 17.7 Å². The zero-order valence-electron chi connectivity index (χ0n) is 16.4. The number of rotatable bonds is 7. The molecule has 29 heavy (non-hydrogen) atoms. The van der Waals surface area contributed by atoms with Gasteiger partial charge in [-0.05, 0) is 43.2 Å². The molecule has 0 aliphatic heterocycles. The average molecular weight is 405 g/mol. The molecule has 0 aliphatic carbocycles. The van der Waals surface area contributed by atoms with Gasteiger partial charge in [0.05, 0.1) is 5.56 Å². The van der Waals surface area contributed by atoms with E-state index in [-0.39, 0.29) is 29.3 Å². The minimum absolute atomic E-state index is 0.0278. The van der Waals surface area contributed by atoms with Gasteiger partial charge in [-0.3, -0.25) is 4.68 Å². The Bertz CT molecular complexity index is 1000. The van der Waals surface area contributed by atoms with E-state index in [1.807, 2.05) is 17.7 Å². The van der Waals surface area contributed by atoms with Gasteiger partial charge in [-0.25, -0.2) is 0 Å². The summed E-state index contributed by atoms with van der Waals surface area (Å²) in [5, 5.41) is 15.4. The molecule has 0 aliphatic rings. The molecule has 6 nitrogen and oxygen atoms in total. The lowest BCUT2D eigenvalue weighted by Gasteiger charge is -2.12. The summed E-state index contributed by atoms with van der Waals surface area (Å²) in [6, 6.07) is 5.70. The molecule has 0 amide bonds. The van der Waals surface area contributed by atoms with Gasteiger partial charge in [0.1, 0.15) is 0 Å². The summed E-state index contributed by atoms with van der Waals surface area (Å²) in [5.74, 6) is 0.668. The molecule has 0 saturated carbocycles. The summed E-state index contributed by atoms with van der Waals surface area (Å²) in [6.45, 7) is 6.89. The second kappa shape index (κ2) is 8.18. The lowest BCUT2D eigenvalue weighted by atomic mass is 10.0. The average Bonchev–Trinajstić information content (AvgIpc) is 3.28. The van der Waals surface area contributed by atoms with Crippen LogP contribution in [0.15, 0.2) is 28.8 Å². The van der Waals surface area contributed by atoms with Gasteiger partial charge < -0.3 is 9.93 Å². The monoisotopic (exact) mass is 405 g/mol. The molecular formula is C20H22F3N5O. The Hall–Kier alpha value is -2.97. The molecular weight excluding hydrogens is 383 g/mol. The SMILES string of the molecule is CCn1nc(-c2nc(-c3ccc(CC=N)c(C(F)(F)F)c3)no2)cc1CC(C)C. The van der Waals surface area contributed by atoms with E-state index in [1.165, 1.54) is 12.1 Å². The maximum atomic E-state index is 13.4. The van der Waals surface area contributed by atoms with Crippen LogP contribution in [0.1, 0.15) is 37.6 Å². The zero-order chi connectivity index (χ0) is 21.2. The maximum absolute atomic E-state index is 13.4. The Labute approximate surface area is 166 Å². The lowest BCUT2D eigenvalue weighted by molar-refractivity contribution is -0.138. The van der Waals surface area contributed by atoms with Gasteiger partial charge in [-0.1, -0.05) is 31.1 Å². The molecule has 3 aromatic rings. The predicted molar refractivity (Wildman–Crippen MR) is 103 cm³/mol. The van der Waals surface area contributed by atoms with E-state index >= 15 is 0 Å². The van der Waals surface area contributed by atoms with Crippen LogP contribution in [0.25, 0.3) is 23.0 Å². The van der Waals surface area contributed by atoms with Crippen molar-refractivity contribution in [2.75, 3.05) is 0 Å². The summed E-state index contributed by atoms with van der Waals surface area (Å²) in [4.78, 5) is 4.25. The fraction of sp³-hybridized carbons (Fsp3) is 0.400. The molecule has 1 N–H and O–H groups in total. The quantitative estimate of drug-likeness (QED) is 0.559. The maximum Gasteiger partial charge on any atom is 0.416 e. The van der Waals surface area contributed by atoms with E-state index in [9.17, 15) is 13.2 Å². The third kappa shape index (κ3) is 4.55. The van der Waals surface area contributed by atoms with Crippen LogP contribution in [0.5, 0.6) is 0 Å². The lowest BCUT2D eigenvalue weighted by Crippen LogP contribution is -2.10. The summed E-state index contributed by atoms with van der Waals surface area (Å²) in [6.07, 6.45) is -2.85. The molecule has 0 bridgehead atoms. The highest BCUT2D eigenvalue weighted by atomic mass is 19.4. The Balaban J connectivity index is 1.96. The second-order valence-electron chi connectivity index (χ2n) is 7.14. The van der Waals surface area contributed by atoms with Crippen molar-refractivity contribution in [3.05, 3.63) is 41.1 Å². The number of alkyl halides is 3. The molecule has 0 saturated heterocycles. The van der Waals surface area contributed by atoms with Crippen molar-refractivity contribution in [2.24, 2.45) is 5.92 Å². The molecule has 3 rings (SSSR count). The molecule has 2 heterocycles. The van der Waals surface area contributed by atoms with Crippen molar-refractivity contribution in [2.45, 2.75) is 46.3 Å². The Morgan fingerprint density at radius 2 is 2.00 bits per heavy atom. The molecule has 1 aromatic carbocycles. The van der Waals surface area contributed by atoms with Gasteiger partial charge in [0.2, 0.25) is 5.82 Å². The van der Waals surface area contributed by atoms with Crippen molar-refractivity contribution in [3.63, 3.8) is 0 Å². The number of benzene rings is 1. The van der Waals surface area contributed by atoms with Gasteiger partial charge in [0.15, 0.2) is 5.69 Å². The van der Waals surface area contributed by atoms with E-state index in [1.54, 1.807) is 0 Å². The highest BCUT2D eigenvalue weighted by molar-refractivity contribution is 5.64. The number of nitrogens with one attached hydrogen (secondary N) is 1. The summed E-state index contributed by atoms with van der Waals surface area (Å²) >= 11 is 0. The molecule has 0 spiro atoms. The van der Waals surface area contributed by atoms with Crippen molar-refractivity contribution in [1.82, 2.24) is 19.9 Å². The van der Waals surface area contributed by atoms with Crippen LogP contribution in [0, 0.1) is 11.3 Å².